The summed E-state index contributed by atoms with van der Waals surface area (Å²) in [6.07, 6.45) is 0. The maximum Gasteiger partial charge on any atom is 0.170 e. The average molecular weight is 286 g/mol. The number of ether oxygens (including phenoxy) is 1. The van der Waals surface area contributed by atoms with E-state index in [1.807, 2.05) is 12.3 Å². The number of halogens is 2. The van der Waals surface area contributed by atoms with Gasteiger partial charge >= 0.3 is 0 Å². The second-order valence-electron chi connectivity index (χ2n) is 3.94. The van der Waals surface area contributed by atoms with E-state index in [0.717, 1.165) is 10.4 Å². The Morgan fingerprint density at radius 1 is 1.44 bits per heavy atom. The Balaban J connectivity index is 2.46. The molecular weight excluding hydrogens is 273 g/mol. The topological polar surface area (TPSA) is 35.2 Å². The van der Waals surface area contributed by atoms with Crippen molar-refractivity contribution < 1.29 is 9.13 Å². The van der Waals surface area contributed by atoms with Gasteiger partial charge in [-0.3, -0.25) is 0 Å². The zero-order valence-electron chi connectivity index (χ0n) is 10.0. The molecule has 96 valence electrons. The minimum atomic E-state index is -0.578. The number of methoxy groups -OCH3 is 1. The zero-order chi connectivity index (χ0) is 13.3. The van der Waals surface area contributed by atoms with Crippen molar-refractivity contribution in [2.45, 2.75) is 13.0 Å². The maximum atomic E-state index is 14.1. The molecule has 2 nitrogen and oxygen atoms in total. The maximum absolute atomic E-state index is 14.1. The second kappa shape index (κ2) is 5.26. The van der Waals surface area contributed by atoms with Crippen LogP contribution in [0.1, 0.15) is 22.0 Å². The monoisotopic (exact) mass is 285 g/mol. The Hall–Kier alpha value is -1.10. The van der Waals surface area contributed by atoms with Gasteiger partial charge < -0.3 is 10.5 Å². The lowest BCUT2D eigenvalue weighted by Crippen LogP contribution is -2.13. The van der Waals surface area contributed by atoms with Gasteiger partial charge in [-0.25, -0.2) is 4.39 Å². The minimum Gasteiger partial charge on any atom is -0.494 e. The van der Waals surface area contributed by atoms with Crippen molar-refractivity contribution in [2.24, 2.45) is 5.73 Å². The Labute approximate surface area is 114 Å². The summed E-state index contributed by atoms with van der Waals surface area (Å²) in [5.74, 6) is -0.248. The van der Waals surface area contributed by atoms with Crippen LogP contribution in [0.25, 0.3) is 0 Å². The van der Waals surface area contributed by atoms with Gasteiger partial charge in [0.15, 0.2) is 11.6 Å². The Kier molecular flexibility index (Phi) is 3.90. The van der Waals surface area contributed by atoms with Gasteiger partial charge in [-0.1, -0.05) is 23.7 Å². The van der Waals surface area contributed by atoms with Crippen molar-refractivity contribution in [1.29, 1.82) is 0 Å². The van der Waals surface area contributed by atoms with E-state index in [1.165, 1.54) is 18.4 Å². The highest BCUT2D eigenvalue weighted by Crippen LogP contribution is 2.36. The van der Waals surface area contributed by atoms with Gasteiger partial charge in [-0.15, -0.1) is 11.3 Å². The van der Waals surface area contributed by atoms with E-state index in [-0.39, 0.29) is 5.75 Å². The lowest BCUT2D eigenvalue weighted by Gasteiger charge is -2.14. The summed E-state index contributed by atoms with van der Waals surface area (Å²) < 4.78 is 19.1. The number of rotatable bonds is 3. The summed E-state index contributed by atoms with van der Waals surface area (Å²) in [6, 6.07) is 4.35. The summed E-state index contributed by atoms with van der Waals surface area (Å²) in [5, 5.41) is 2.52. The van der Waals surface area contributed by atoms with Crippen molar-refractivity contribution in [3.8, 4) is 5.75 Å². The molecule has 2 rings (SSSR count). The fourth-order valence-corrected chi connectivity index (χ4v) is 3.06. The van der Waals surface area contributed by atoms with Crippen molar-refractivity contribution in [3.63, 3.8) is 0 Å². The molecule has 0 aliphatic rings. The molecule has 0 fully saturated rings. The van der Waals surface area contributed by atoms with E-state index in [2.05, 4.69) is 0 Å². The molecule has 0 radical (unpaired) electrons. The lowest BCUT2D eigenvalue weighted by atomic mass is 10.0. The van der Waals surface area contributed by atoms with E-state index in [9.17, 15) is 4.39 Å². The van der Waals surface area contributed by atoms with Gasteiger partial charge in [0, 0.05) is 10.4 Å². The molecule has 0 aliphatic carbocycles. The Morgan fingerprint density at radius 2 is 2.17 bits per heavy atom. The van der Waals surface area contributed by atoms with Crippen LogP contribution in [0.3, 0.4) is 0 Å². The van der Waals surface area contributed by atoms with Crippen molar-refractivity contribution in [3.05, 3.63) is 50.4 Å². The third-order valence-electron chi connectivity index (χ3n) is 2.76. The van der Waals surface area contributed by atoms with Crippen LogP contribution in [0.15, 0.2) is 23.6 Å². The third kappa shape index (κ3) is 2.23. The summed E-state index contributed by atoms with van der Waals surface area (Å²) in [4.78, 5) is 0.765. The number of aryl methyl sites for hydroxylation is 1. The van der Waals surface area contributed by atoms with Crippen LogP contribution in [-0.4, -0.2) is 7.11 Å². The molecule has 0 saturated carbocycles. The summed E-state index contributed by atoms with van der Waals surface area (Å²) in [5.41, 5.74) is 7.43. The molecular formula is C13H13ClFNOS. The number of benzene rings is 1. The zero-order valence-corrected chi connectivity index (χ0v) is 11.6. The van der Waals surface area contributed by atoms with Crippen LogP contribution in [0.5, 0.6) is 5.75 Å². The molecule has 5 heteroatoms. The fourth-order valence-electron chi connectivity index (χ4n) is 1.73. The molecule has 2 aromatic rings. The van der Waals surface area contributed by atoms with Gasteiger partial charge in [-0.05, 0) is 23.9 Å². The van der Waals surface area contributed by atoms with Gasteiger partial charge in [-0.2, -0.15) is 0 Å². The van der Waals surface area contributed by atoms with Crippen LogP contribution >= 0.6 is 22.9 Å². The first-order chi connectivity index (χ1) is 8.56. The third-order valence-corrected chi connectivity index (χ3v) is 4.55. The number of hydrogen-bond donors (Lipinski definition) is 1. The molecule has 0 aliphatic heterocycles. The van der Waals surface area contributed by atoms with Crippen molar-refractivity contribution in [1.82, 2.24) is 0 Å². The standard InChI is InChI=1S/C13H13ClFNOS/c1-7-6-18-13(10(7)14)12(16)8-4-3-5-9(17-2)11(8)15/h3-6,12H,16H2,1-2H3. The largest absolute Gasteiger partial charge is 0.494 e. The van der Waals surface area contributed by atoms with Crippen LogP contribution in [-0.2, 0) is 0 Å². The minimum absolute atomic E-state index is 0.187. The van der Waals surface area contributed by atoms with Crippen molar-refractivity contribution in [2.75, 3.05) is 7.11 Å². The quantitative estimate of drug-likeness (QED) is 0.928. The lowest BCUT2D eigenvalue weighted by molar-refractivity contribution is 0.383. The van der Waals surface area contributed by atoms with Crippen LogP contribution in [0.4, 0.5) is 4.39 Å². The summed E-state index contributed by atoms with van der Waals surface area (Å²) in [6.45, 7) is 1.90. The van der Waals surface area contributed by atoms with Crippen LogP contribution in [0, 0.1) is 12.7 Å². The molecule has 18 heavy (non-hydrogen) atoms. The highest BCUT2D eigenvalue weighted by Gasteiger charge is 2.20. The number of thiophene rings is 1. The first-order valence-corrected chi connectivity index (χ1v) is 6.63. The van der Waals surface area contributed by atoms with E-state index in [0.29, 0.717) is 10.6 Å². The predicted octanol–water partition coefficient (Wildman–Crippen LogP) is 3.91. The molecule has 1 heterocycles. The fraction of sp³-hybridized carbons (Fsp3) is 0.231. The van der Waals surface area contributed by atoms with Gasteiger partial charge in [0.2, 0.25) is 0 Å². The van der Waals surface area contributed by atoms with Crippen LogP contribution in [0.2, 0.25) is 5.02 Å². The van der Waals surface area contributed by atoms with E-state index in [1.54, 1.807) is 18.2 Å². The highest BCUT2D eigenvalue weighted by molar-refractivity contribution is 7.10. The molecule has 0 amide bonds. The normalized spacial score (nSPS) is 12.5. The predicted molar refractivity (Wildman–Crippen MR) is 73.0 cm³/mol. The average Bonchev–Trinajstić information content (AvgIpc) is 2.70. The Bertz CT molecular complexity index is 570. The Morgan fingerprint density at radius 3 is 2.72 bits per heavy atom. The smallest absolute Gasteiger partial charge is 0.170 e. The van der Waals surface area contributed by atoms with Gasteiger partial charge in [0.25, 0.3) is 0 Å². The van der Waals surface area contributed by atoms with E-state index >= 15 is 0 Å². The SMILES string of the molecule is COc1cccc(C(N)c2scc(C)c2Cl)c1F. The van der Waals surface area contributed by atoms with E-state index in [4.69, 9.17) is 22.1 Å². The number of nitrogens with two attached hydrogens (primary N) is 1. The van der Waals surface area contributed by atoms with Gasteiger partial charge in [0.05, 0.1) is 18.2 Å². The molecule has 1 aromatic carbocycles. The number of hydrogen-bond acceptors (Lipinski definition) is 3. The molecule has 0 saturated heterocycles. The highest BCUT2D eigenvalue weighted by atomic mass is 35.5. The first-order valence-electron chi connectivity index (χ1n) is 5.37. The second-order valence-corrected chi connectivity index (χ2v) is 5.23. The molecule has 0 bridgehead atoms. The molecule has 2 N–H and O–H groups in total. The summed E-state index contributed by atoms with van der Waals surface area (Å²) >= 11 is 7.59. The molecule has 1 aromatic heterocycles. The van der Waals surface area contributed by atoms with Crippen molar-refractivity contribution >= 4 is 22.9 Å². The van der Waals surface area contributed by atoms with Gasteiger partial charge in [0.1, 0.15) is 0 Å². The first kappa shape index (κ1) is 13.3. The summed E-state index contributed by atoms with van der Waals surface area (Å²) in [7, 11) is 1.43. The molecule has 1 unspecified atom stereocenters. The van der Waals surface area contributed by atoms with E-state index < -0.39 is 11.9 Å². The molecule has 1 atom stereocenters. The van der Waals surface area contributed by atoms with Crippen LogP contribution < -0.4 is 10.5 Å². The molecule has 0 spiro atoms.